The van der Waals surface area contributed by atoms with E-state index in [1.54, 1.807) is 29.5 Å². The number of aromatic amines is 1. The Kier molecular flexibility index (Phi) is 8.17. The lowest BCUT2D eigenvalue weighted by atomic mass is 9.99. The second kappa shape index (κ2) is 12.8. The van der Waals surface area contributed by atoms with Gasteiger partial charge in [0.25, 0.3) is 11.8 Å². The highest BCUT2D eigenvalue weighted by molar-refractivity contribution is 7.10. The average Bonchev–Trinajstić information content (AvgIpc) is 3.67. The van der Waals surface area contributed by atoms with E-state index in [2.05, 4.69) is 27.8 Å². The number of nitrogens with one attached hydrogen (secondary N) is 2. The third kappa shape index (κ3) is 5.99. The number of hydrogen-bond donors (Lipinski definition) is 2. The number of carbonyl (C=O) groups excluding carboxylic acids is 2. The number of ether oxygens (including phenoxy) is 1. The minimum Gasteiger partial charge on any atom is -0.491 e. The Morgan fingerprint density at radius 1 is 0.889 bits per heavy atom. The van der Waals surface area contributed by atoms with Gasteiger partial charge in [-0.2, -0.15) is 0 Å². The van der Waals surface area contributed by atoms with Gasteiger partial charge in [-0.3, -0.25) is 9.59 Å². The van der Waals surface area contributed by atoms with Gasteiger partial charge in [-0.15, -0.1) is 11.3 Å². The summed E-state index contributed by atoms with van der Waals surface area (Å²) in [5.41, 5.74) is 6.64. The number of anilines is 2. The van der Waals surface area contributed by atoms with E-state index >= 15 is 0 Å². The predicted octanol–water partition coefficient (Wildman–Crippen LogP) is 8.75. The summed E-state index contributed by atoms with van der Waals surface area (Å²) in [6.07, 6.45) is 5.69. The highest BCUT2D eigenvalue weighted by atomic mass is 32.1. The number of hydrogen-bond acceptors (Lipinski definition) is 4. The molecule has 0 saturated carbocycles. The predicted molar refractivity (Wildman–Crippen MR) is 183 cm³/mol. The summed E-state index contributed by atoms with van der Waals surface area (Å²) in [5.74, 6) is 0.155. The van der Waals surface area contributed by atoms with Crippen molar-refractivity contribution in [2.24, 2.45) is 0 Å². The standard InChI is InChI=1S/C38H33N3O3S/c42-37(31-14-5-4-12-29(31)26-10-2-1-3-11-26)40-33-18-17-27(38(43)41-21-9-8-16-36-34(41)20-23-45-36)24-35(33)44-22-19-28-25-39-32-15-7-6-13-30(28)32/h1-7,10-15,17-18,20,23-25,39H,8-9,16,19,21-22H2,(H,40,42). The fourth-order valence-electron chi connectivity index (χ4n) is 6.03. The number of carbonyl (C=O) groups is 2. The quantitative estimate of drug-likeness (QED) is 0.181. The number of H-pyrrole nitrogens is 1. The Labute approximate surface area is 266 Å². The van der Waals surface area contributed by atoms with E-state index in [9.17, 15) is 9.59 Å². The van der Waals surface area contributed by atoms with E-state index in [1.165, 1.54) is 4.88 Å². The van der Waals surface area contributed by atoms with Gasteiger partial charge in [0, 0.05) is 46.1 Å². The zero-order chi connectivity index (χ0) is 30.6. The zero-order valence-corrected chi connectivity index (χ0v) is 25.6. The number of rotatable bonds is 8. The van der Waals surface area contributed by atoms with Crippen molar-refractivity contribution in [1.29, 1.82) is 0 Å². The van der Waals surface area contributed by atoms with Crippen LogP contribution in [0.5, 0.6) is 5.75 Å². The molecule has 7 rings (SSSR count). The van der Waals surface area contributed by atoms with E-state index < -0.39 is 0 Å². The summed E-state index contributed by atoms with van der Waals surface area (Å²) < 4.78 is 6.37. The molecule has 7 heteroatoms. The van der Waals surface area contributed by atoms with E-state index in [4.69, 9.17) is 4.74 Å². The van der Waals surface area contributed by atoms with Gasteiger partial charge in [0.1, 0.15) is 5.75 Å². The van der Waals surface area contributed by atoms with Crippen molar-refractivity contribution in [2.45, 2.75) is 25.7 Å². The number of fused-ring (bicyclic) bond motifs is 2. The van der Waals surface area contributed by atoms with Crippen molar-refractivity contribution in [3.63, 3.8) is 0 Å². The lowest BCUT2D eigenvalue weighted by molar-refractivity contribution is 0.0985. The SMILES string of the molecule is O=C(Nc1ccc(C(=O)N2CCCCc3sccc32)cc1OCCc1c[nH]c2ccccc12)c1ccccc1-c1ccccc1. The van der Waals surface area contributed by atoms with Gasteiger partial charge >= 0.3 is 0 Å². The zero-order valence-electron chi connectivity index (χ0n) is 24.8. The van der Waals surface area contributed by atoms with Gasteiger partial charge < -0.3 is 19.9 Å². The molecule has 6 aromatic rings. The number of aromatic nitrogens is 1. The van der Waals surface area contributed by atoms with Crippen molar-refractivity contribution in [3.05, 3.63) is 136 Å². The van der Waals surface area contributed by atoms with Crippen molar-refractivity contribution < 1.29 is 14.3 Å². The smallest absolute Gasteiger partial charge is 0.258 e. The molecule has 224 valence electrons. The minimum absolute atomic E-state index is 0.0645. The van der Waals surface area contributed by atoms with Crippen LogP contribution in [0.3, 0.4) is 0 Å². The number of thiophene rings is 1. The first kappa shape index (κ1) is 28.6. The summed E-state index contributed by atoms with van der Waals surface area (Å²) in [6.45, 7) is 1.05. The molecule has 2 aromatic heterocycles. The van der Waals surface area contributed by atoms with Crippen molar-refractivity contribution in [3.8, 4) is 16.9 Å². The molecule has 0 spiro atoms. The normalized spacial score (nSPS) is 12.8. The summed E-state index contributed by atoms with van der Waals surface area (Å²) in [7, 11) is 0. The molecule has 0 atom stereocenters. The molecule has 2 amide bonds. The number of aryl methyl sites for hydroxylation is 1. The van der Waals surface area contributed by atoms with Crippen LogP contribution in [0, 0.1) is 0 Å². The first-order chi connectivity index (χ1) is 22.2. The summed E-state index contributed by atoms with van der Waals surface area (Å²) in [4.78, 5) is 34.1. The molecule has 1 aliphatic heterocycles. The van der Waals surface area contributed by atoms with Crippen LogP contribution in [0.25, 0.3) is 22.0 Å². The monoisotopic (exact) mass is 611 g/mol. The second-order valence-corrected chi connectivity index (χ2v) is 12.2. The fourth-order valence-corrected chi connectivity index (χ4v) is 6.95. The molecule has 0 saturated heterocycles. The molecule has 0 bridgehead atoms. The molecule has 0 fully saturated rings. The number of amides is 2. The highest BCUT2D eigenvalue weighted by Crippen LogP contribution is 2.34. The topological polar surface area (TPSA) is 74.4 Å². The molecule has 0 radical (unpaired) electrons. The number of benzene rings is 4. The summed E-state index contributed by atoms with van der Waals surface area (Å²) in [5, 5.41) is 6.30. The van der Waals surface area contributed by atoms with Crippen molar-refractivity contribution in [2.75, 3.05) is 23.4 Å². The van der Waals surface area contributed by atoms with Gasteiger partial charge in [-0.05, 0) is 77.7 Å². The van der Waals surface area contributed by atoms with E-state index in [-0.39, 0.29) is 11.8 Å². The Balaban J connectivity index is 1.18. The maximum absolute atomic E-state index is 13.9. The molecule has 3 heterocycles. The average molecular weight is 612 g/mol. The Hall–Kier alpha value is -5.14. The number of para-hydroxylation sites is 1. The molecule has 0 aliphatic carbocycles. The van der Waals surface area contributed by atoms with Crippen LogP contribution in [0.1, 0.15) is 44.0 Å². The first-order valence-corrected chi connectivity index (χ1v) is 16.2. The third-order valence-corrected chi connectivity index (χ3v) is 9.30. The molecule has 1 aliphatic rings. The molecule has 4 aromatic carbocycles. The van der Waals surface area contributed by atoms with Gasteiger partial charge in [-0.25, -0.2) is 0 Å². The van der Waals surface area contributed by atoms with Gasteiger partial charge in [0.2, 0.25) is 0 Å². The Morgan fingerprint density at radius 3 is 2.62 bits per heavy atom. The molecule has 6 nitrogen and oxygen atoms in total. The summed E-state index contributed by atoms with van der Waals surface area (Å²) in [6, 6.07) is 33.0. The Morgan fingerprint density at radius 2 is 1.71 bits per heavy atom. The summed E-state index contributed by atoms with van der Waals surface area (Å²) >= 11 is 1.71. The van der Waals surface area contributed by atoms with Crippen LogP contribution in [-0.4, -0.2) is 29.9 Å². The van der Waals surface area contributed by atoms with Gasteiger partial charge in [0.15, 0.2) is 0 Å². The van der Waals surface area contributed by atoms with Crippen LogP contribution >= 0.6 is 11.3 Å². The van der Waals surface area contributed by atoms with Crippen LogP contribution in [0.4, 0.5) is 11.4 Å². The van der Waals surface area contributed by atoms with Crippen LogP contribution in [-0.2, 0) is 12.8 Å². The van der Waals surface area contributed by atoms with Crippen LogP contribution in [0.2, 0.25) is 0 Å². The third-order valence-electron chi connectivity index (χ3n) is 8.33. The number of nitrogens with zero attached hydrogens (tertiary/aromatic N) is 1. The lowest BCUT2D eigenvalue weighted by Gasteiger charge is -2.22. The largest absolute Gasteiger partial charge is 0.491 e. The lowest BCUT2D eigenvalue weighted by Crippen LogP contribution is -2.31. The van der Waals surface area contributed by atoms with Crippen molar-refractivity contribution in [1.82, 2.24) is 4.98 Å². The van der Waals surface area contributed by atoms with Crippen LogP contribution in [0.15, 0.2) is 115 Å². The molecule has 2 N–H and O–H groups in total. The molecular weight excluding hydrogens is 579 g/mol. The van der Waals surface area contributed by atoms with E-state index in [0.717, 1.165) is 52.5 Å². The maximum atomic E-state index is 13.9. The minimum atomic E-state index is -0.245. The molecule has 45 heavy (non-hydrogen) atoms. The highest BCUT2D eigenvalue weighted by Gasteiger charge is 2.25. The Bertz CT molecular complexity index is 1980. The van der Waals surface area contributed by atoms with E-state index in [0.29, 0.717) is 42.1 Å². The van der Waals surface area contributed by atoms with Crippen LogP contribution < -0.4 is 15.0 Å². The van der Waals surface area contributed by atoms with E-state index in [1.807, 2.05) is 83.9 Å². The first-order valence-electron chi connectivity index (χ1n) is 15.3. The molecule has 0 unspecified atom stereocenters. The molecular formula is C38H33N3O3S. The van der Waals surface area contributed by atoms with Crippen molar-refractivity contribution >= 4 is 45.4 Å². The second-order valence-electron chi connectivity index (χ2n) is 11.2. The maximum Gasteiger partial charge on any atom is 0.258 e. The van der Waals surface area contributed by atoms with Gasteiger partial charge in [-0.1, -0.05) is 66.7 Å². The fraction of sp³-hybridized carbons (Fsp3) is 0.158. The van der Waals surface area contributed by atoms with Gasteiger partial charge in [0.05, 0.1) is 18.0 Å².